The maximum absolute atomic E-state index is 12.6. The molecule has 0 radical (unpaired) electrons. The monoisotopic (exact) mass is 638 g/mol. The van der Waals surface area contributed by atoms with Gasteiger partial charge in [-0.3, -0.25) is 9.59 Å². The molecule has 8 heteroatoms. The number of rotatable bonds is 31. The van der Waals surface area contributed by atoms with Crippen molar-refractivity contribution in [2.75, 3.05) is 41.0 Å². The number of carbonyl (C=O) groups excluding carboxylic acids is 2. The number of unbranched alkanes of at least 4 members (excludes halogenated alkanes) is 13. The van der Waals surface area contributed by atoms with Crippen molar-refractivity contribution in [3.8, 4) is 0 Å². The summed E-state index contributed by atoms with van der Waals surface area (Å²) in [4.78, 5) is 36.4. The molecule has 0 aliphatic carbocycles. The maximum atomic E-state index is 12.6. The highest BCUT2D eigenvalue weighted by Gasteiger charge is 2.31. The number of esters is 2. The van der Waals surface area contributed by atoms with E-state index in [2.05, 4.69) is 38.2 Å². The summed E-state index contributed by atoms with van der Waals surface area (Å²) < 4.78 is 17.0. The van der Waals surface area contributed by atoms with Crippen LogP contribution in [0.1, 0.15) is 142 Å². The van der Waals surface area contributed by atoms with Crippen LogP contribution in [0.15, 0.2) is 24.3 Å². The van der Waals surface area contributed by atoms with E-state index in [4.69, 9.17) is 14.2 Å². The molecule has 0 spiro atoms. The molecular formula is C37H68NO7+. The molecule has 0 amide bonds. The van der Waals surface area contributed by atoms with E-state index in [0.29, 0.717) is 19.3 Å². The van der Waals surface area contributed by atoms with E-state index < -0.39 is 18.1 Å². The van der Waals surface area contributed by atoms with Gasteiger partial charge in [0.2, 0.25) is 0 Å². The summed E-state index contributed by atoms with van der Waals surface area (Å²) in [5.74, 6) is -1.50. The molecule has 0 bridgehead atoms. The van der Waals surface area contributed by atoms with E-state index >= 15 is 0 Å². The third kappa shape index (κ3) is 27.8. The van der Waals surface area contributed by atoms with Gasteiger partial charge in [0.15, 0.2) is 12.1 Å². The molecule has 0 aromatic rings. The minimum Gasteiger partial charge on any atom is -0.477 e. The van der Waals surface area contributed by atoms with Crippen LogP contribution in [0.2, 0.25) is 0 Å². The van der Waals surface area contributed by atoms with E-state index in [0.717, 1.165) is 77.0 Å². The summed E-state index contributed by atoms with van der Waals surface area (Å²) in [6, 6.07) is -0.611. The lowest BCUT2D eigenvalue weighted by Gasteiger charge is -2.31. The topological polar surface area (TPSA) is 99.1 Å². The van der Waals surface area contributed by atoms with Crippen molar-refractivity contribution >= 4 is 17.9 Å². The molecule has 45 heavy (non-hydrogen) atoms. The highest BCUT2D eigenvalue weighted by Crippen LogP contribution is 2.12. The number of likely N-dealkylation sites (N-methyl/N-ethyl adjacent to an activating group) is 1. The number of ether oxygens (including phenoxy) is 3. The maximum Gasteiger partial charge on any atom is 0.362 e. The minimum absolute atomic E-state index is 0.0561. The molecule has 0 aromatic heterocycles. The van der Waals surface area contributed by atoms with E-state index in [1.165, 1.54) is 32.1 Å². The number of nitrogens with zero attached hydrogens (tertiary/aromatic N) is 1. The average molecular weight is 639 g/mol. The number of allylic oxidation sites excluding steroid dienone is 4. The van der Waals surface area contributed by atoms with E-state index in [1.807, 2.05) is 21.1 Å². The van der Waals surface area contributed by atoms with Crippen LogP contribution in [0.25, 0.3) is 0 Å². The first-order valence-electron chi connectivity index (χ1n) is 17.9. The van der Waals surface area contributed by atoms with Gasteiger partial charge in [-0.1, -0.05) is 102 Å². The van der Waals surface area contributed by atoms with Crippen molar-refractivity contribution in [2.24, 2.45) is 0 Å². The quantitative estimate of drug-likeness (QED) is 0.0351. The summed E-state index contributed by atoms with van der Waals surface area (Å²) >= 11 is 0. The Morgan fingerprint density at radius 1 is 0.667 bits per heavy atom. The van der Waals surface area contributed by atoms with Crippen LogP contribution in [0, 0.1) is 0 Å². The lowest BCUT2D eigenvalue weighted by molar-refractivity contribution is -0.887. The van der Waals surface area contributed by atoms with Crippen LogP contribution in [0.3, 0.4) is 0 Å². The van der Waals surface area contributed by atoms with Gasteiger partial charge in [-0.2, -0.15) is 0 Å². The Bertz CT molecular complexity index is 803. The van der Waals surface area contributed by atoms with Crippen molar-refractivity contribution in [3.05, 3.63) is 24.3 Å². The molecule has 0 aliphatic heterocycles. The van der Waals surface area contributed by atoms with E-state index in [1.54, 1.807) is 0 Å². The zero-order chi connectivity index (χ0) is 33.6. The predicted octanol–water partition coefficient (Wildman–Crippen LogP) is 8.57. The molecule has 2 atom stereocenters. The standard InChI is InChI=1S/C37H67NO7/c1-6-8-10-12-13-14-15-16-17-18-19-20-21-22-24-26-28-36(40)45-33(32-44-35(39)27-25-23-11-9-7-2)31-43-30-29-34(37(41)42)38(3,4)5/h14-15,17-18,33-34H,6-13,16,19-32H2,1-5H3/p+1/b15-14-,18-17-. The normalized spacial score (nSPS) is 13.4. The first kappa shape index (κ1) is 42.8. The molecule has 0 aliphatic rings. The summed E-state index contributed by atoms with van der Waals surface area (Å²) in [7, 11) is 5.50. The Morgan fingerprint density at radius 2 is 1.18 bits per heavy atom. The molecule has 2 unspecified atom stereocenters. The highest BCUT2D eigenvalue weighted by molar-refractivity contribution is 5.72. The van der Waals surface area contributed by atoms with Gasteiger partial charge in [0, 0.05) is 19.3 Å². The zero-order valence-electron chi connectivity index (χ0n) is 29.6. The first-order chi connectivity index (χ1) is 21.6. The van der Waals surface area contributed by atoms with E-state index in [9.17, 15) is 19.5 Å². The van der Waals surface area contributed by atoms with Crippen molar-refractivity contribution in [3.63, 3.8) is 0 Å². The predicted molar refractivity (Wildman–Crippen MR) is 183 cm³/mol. The van der Waals surface area contributed by atoms with Gasteiger partial charge in [0.25, 0.3) is 0 Å². The molecular weight excluding hydrogens is 570 g/mol. The summed E-state index contributed by atoms with van der Waals surface area (Å²) in [5.41, 5.74) is 0. The Hall–Kier alpha value is -2.19. The number of quaternary nitrogens is 1. The van der Waals surface area contributed by atoms with Crippen LogP contribution in [-0.4, -0.2) is 80.6 Å². The second kappa shape index (κ2) is 29.2. The van der Waals surface area contributed by atoms with Gasteiger partial charge in [-0.25, -0.2) is 4.79 Å². The molecule has 0 aromatic carbocycles. The van der Waals surface area contributed by atoms with E-state index in [-0.39, 0.29) is 36.2 Å². The SMILES string of the molecule is CCCCCC/C=C\C/C=C\CCCCCCCC(=O)OC(COCCC(C(=O)O)[N+](C)(C)C)COC(=O)CCCCCCC. The molecule has 0 saturated heterocycles. The van der Waals surface area contributed by atoms with Crippen LogP contribution >= 0.6 is 0 Å². The number of carboxylic acid groups (broad SMARTS) is 1. The fourth-order valence-electron chi connectivity index (χ4n) is 5.00. The van der Waals surface area contributed by atoms with Gasteiger partial charge in [-0.05, 0) is 44.9 Å². The highest BCUT2D eigenvalue weighted by atomic mass is 16.6. The molecule has 0 heterocycles. The Kier molecular flexibility index (Phi) is 27.8. The third-order valence-electron chi connectivity index (χ3n) is 7.85. The summed E-state index contributed by atoms with van der Waals surface area (Å²) in [6.45, 7) is 4.60. The largest absolute Gasteiger partial charge is 0.477 e. The lowest BCUT2D eigenvalue weighted by Crippen LogP contribution is -2.50. The van der Waals surface area contributed by atoms with Gasteiger partial charge in [0.1, 0.15) is 6.61 Å². The Labute approximate surface area is 275 Å². The molecule has 0 rings (SSSR count). The second-order valence-corrected chi connectivity index (χ2v) is 13.1. The Balaban J connectivity index is 4.36. The minimum atomic E-state index is -0.880. The fraction of sp³-hybridized carbons (Fsp3) is 0.811. The van der Waals surface area contributed by atoms with Crippen LogP contribution in [0.5, 0.6) is 0 Å². The number of aliphatic carboxylic acids is 1. The molecule has 1 N–H and O–H groups in total. The number of hydrogen-bond donors (Lipinski definition) is 1. The molecule has 262 valence electrons. The Morgan fingerprint density at radius 3 is 1.73 bits per heavy atom. The van der Waals surface area contributed by atoms with Crippen molar-refractivity contribution in [1.29, 1.82) is 0 Å². The van der Waals surface area contributed by atoms with Crippen molar-refractivity contribution < 1.29 is 38.2 Å². The fourth-order valence-corrected chi connectivity index (χ4v) is 5.00. The summed E-state index contributed by atoms with van der Waals surface area (Å²) in [5, 5.41) is 9.53. The van der Waals surface area contributed by atoms with Gasteiger partial charge < -0.3 is 23.8 Å². The second-order valence-electron chi connectivity index (χ2n) is 13.1. The molecule has 0 saturated carbocycles. The number of carboxylic acids is 1. The smallest absolute Gasteiger partial charge is 0.362 e. The van der Waals surface area contributed by atoms with Crippen LogP contribution < -0.4 is 0 Å². The molecule has 8 nitrogen and oxygen atoms in total. The number of hydrogen-bond acceptors (Lipinski definition) is 6. The van der Waals surface area contributed by atoms with Gasteiger partial charge in [0.05, 0.1) is 34.4 Å². The van der Waals surface area contributed by atoms with Gasteiger partial charge in [-0.15, -0.1) is 0 Å². The zero-order valence-corrected chi connectivity index (χ0v) is 29.6. The average Bonchev–Trinajstić information content (AvgIpc) is 2.98. The van der Waals surface area contributed by atoms with Crippen LogP contribution in [-0.2, 0) is 28.6 Å². The summed E-state index contributed by atoms with van der Waals surface area (Å²) in [6.07, 6.45) is 28.2. The lowest BCUT2D eigenvalue weighted by atomic mass is 10.1. The number of carbonyl (C=O) groups is 3. The third-order valence-corrected chi connectivity index (χ3v) is 7.85. The molecule has 0 fully saturated rings. The van der Waals surface area contributed by atoms with Crippen LogP contribution in [0.4, 0.5) is 0 Å². The van der Waals surface area contributed by atoms with Gasteiger partial charge >= 0.3 is 17.9 Å². The van der Waals surface area contributed by atoms with Crippen molar-refractivity contribution in [1.82, 2.24) is 0 Å². The van der Waals surface area contributed by atoms with Crippen molar-refractivity contribution in [2.45, 2.75) is 154 Å². The first-order valence-corrected chi connectivity index (χ1v) is 17.9.